The van der Waals surface area contributed by atoms with Crippen LogP contribution in [0.4, 0.5) is 0 Å². The van der Waals surface area contributed by atoms with Gasteiger partial charge in [-0.15, -0.1) is 0 Å². The molecule has 0 spiro atoms. The summed E-state index contributed by atoms with van der Waals surface area (Å²) < 4.78 is 27.0. The first-order valence-corrected chi connectivity index (χ1v) is 11.6. The molecule has 0 bridgehead atoms. The fourth-order valence-electron chi connectivity index (χ4n) is 4.45. The van der Waals surface area contributed by atoms with Gasteiger partial charge in [-0.25, -0.2) is 0 Å². The van der Waals surface area contributed by atoms with Gasteiger partial charge < -0.3 is 80.1 Å². The lowest BCUT2D eigenvalue weighted by atomic mass is 9.94. The molecular formula is C20H35NO16. The van der Waals surface area contributed by atoms with Crippen LogP contribution in [0.1, 0.15) is 6.92 Å². The van der Waals surface area contributed by atoms with E-state index in [-0.39, 0.29) is 0 Å². The van der Waals surface area contributed by atoms with Crippen LogP contribution in [0.25, 0.3) is 0 Å². The van der Waals surface area contributed by atoms with E-state index < -0.39 is 118 Å². The van der Waals surface area contributed by atoms with E-state index in [1.54, 1.807) is 0 Å². The van der Waals surface area contributed by atoms with E-state index in [0.29, 0.717) is 0 Å². The Bertz CT molecular complexity index is 745. The van der Waals surface area contributed by atoms with Crippen molar-refractivity contribution in [3.8, 4) is 0 Å². The highest BCUT2D eigenvalue weighted by atomic mass is 16.7. The zero-order chi connectivity index (χ0) is 27.6. The van der Waals surface area contributed by atoms with Crippen LogP contribution in [0.5, 0.6) is 0 Å². The Balaban J connectivity index is 1.81. The van der Waals surface area contributed by atoms with Gasteiger partial charge in [0.25, 0.3) is 0 Å². The monoisotopic (exact) mass is 545 g/mol. The molecule has 3 aliphatic heterocycles. The quantitative estimate of drug-likeness (QED) is 0.135. The molecule has 0 aromatic rings. The number of ether oxygens (including phenoxy) is 5. The second-order valence-corrected chi connectivity index (χ2v) is 9.07. The lowest BCUT2D eigenvalue weighted by molar-refractivity contribution is -0.369. The minimum atomic E-state index is -1.87. The highest BCUT2D eigenvalue weighted by Crippen LogP contribution is 2.32. The van der Waals surface area contributed by atoms with Crippen LogP contribution >= 0.6 is 0 Å². The molecule has 3 aliphatic rings. The van der Waals surface area contributed by atoms with Crippen LogP contribution in [-0.2, 0) is 28.5 Å². The number of rotatable bonds is 8. The molecule has 0 radical (unpaired) electrons. The van der Waals surface area contributed by atoms with Crippen molar-refractivity contribution in [3.05, 3.63) is 0 Å². The van der Waals surface area contributed by atoms with Crippen molar-refractivity contribution in [2.24, 2.45) is 0 Å². The van der Waals surface area contributed by atoms with Gasteiger partial charge in [0.1, 0.15) is 73.2 Å². The van der Waals surface area contributed by atoms with Gasteiger partial charge in [-0.2, -0.15) is 0 Å². The number of hydrogen-bond acceptors (Lipinski definition) is 16. The van der Waals surface area contributed by atoms with Gasteiger partial charge in [-0.3, -0.25) is 4.79 Å². The van der Waals surface area contributed by atoms with Crippen molar-refractivity contribution in [2.45, 2.75) is 99.0 Å². The maximum atomic E-state index is 11.9. The minimum absolute atomic E-state index is 0.684. The van der Waals surface area contributed by atoms with Gasteiger partial charge in [-0.05, 0) is 0 Å². The smallest absolute Gasteiger partial charge is 0.217 e. The molecule has 1 amide bonds. The summed E-state index contributed by atoms with van der Waals surface area (Å²) in [6.07, 6.45) is -23.1. The predicted octanol–water partition coefficient (Wildman–Crippen LogP) is -7.43. The van der Waals surface area contributed by atoms with Gasteiger partial charge >= 0.3 is 0 Å². The van der Waals surface area contributed by atoms with Gasteiger partial charge in [0.2, 0.25) is 5.91 Å². The highest BCUT2D eigenvalue weighted by molar-refractivity contribution is 5.73. The Kier molecular flexibility index (Phi) is 10.5. The van der Waals surface area contributed by atoms with E-state index in [2.05, 4.69) is 5.32 Å². The molecule has 0 aromatic heterocycles. The van der Waals surface area contributed by atoms with E-state index in [9.17, 15) is 55.9 Å². The summed E-state index contributed by atoms with van der Waals surface area (Å²) in [4.78, 5) is 11.9. The summed E-state index contributed by atoms with van der Waals surface area (Å²) in [7, 11) is 0. The second-order valence-electron chi connectivity index (χ2n) is 9.07. The van der Waals surface area contributed by atoms with Gasteiger partial charge in [0.15, 0.2) is 18.9 Å². The van der Waals surface area contributed by atoms with Crippen molar-refractivity contribution in [1.29, 1.82) is 0 Å². The normalized spacial score (nSPS) is 49.0. The summed E-state index contributed by atoms with van der Waals surface area (Å²) in [6, 6.07) is -1.48. The van der Waals surface area contributed by atoms with Crippen LogP contribution in [-0.4, -0.2) is 169 Å². The van der Waals surface area contributed by atoms with E-state index in [4.69, 9.17) is 23.7 Å². The summed E-state index contributed by atoms with van der Waals surface area (Å²) in [5.74, 6) is -0.684. The molecule has 3 heterocycles. The molecule has 3 saturated heterocycles. The molecular weight excluding hydrogens is 510 g/mol. The molecule has 216 valence electrons. The maximum absolute atomic E-state index is 11.9. The molecule has 0 saturated carbocycles. The minimum Gasteiger partial charge on any atom is -0.394 e. The SMILES string of the molecule is CC(=O)N[C@H]1[C@H](O[C@@H]2C(O)O[C@H](CO)[C@@H](O)[C@@H]2O)O[C@H](CO)[C@@H](O[C@@H]2O[C@H](CO)[C@H](O)[C@H](O)[C@H]2O)[C@@H]1O. The zero-order valence-electron chi connectivity index (χ0n) is 19.7. The van der Waals surface area contributed by atoms with Crippen LogP contribution in [0.3, 0.4) is 0 Å². The average Bonchev–Trinajstić information content (AvgIpc) is 2.86. The number of aliphatic hydroxyl groups is 10. The molecule has 17 nitrogen and oxygen atoms in total. The Morgan fingerprint density at radius 1 is 0.649 bits per heavy atom. The Labute approximate surface area is 210 Å². The lowest BCUT2D eigenvalue weighted by Gasteiger charge is -2.48. The third-order valence-electron chi connectivity index (χ3n) is 6.50. The summed E-state index contributed by atoms with van der Waals surface area (Å²) >= 11 is 0. The van der Waals surface area contributed by atoms with Crippen molar-refractivity contribution in [1.82, 2.24) is 5.32 Å². The first-order chi connectivity index (χ1) is 17.4. The van der Waals surface area contributed by atoms with Crippen molar-refractivity contribution < 1.29 is 79.5 Å². The van der Waals surface area contributed by atoms with E-state index in [1.807, 2.05) is 0 Å². The number of nitrogens with one attached hydrogen (secondary N) is 1. The second kappa shape index (κ2) is 12.8. The molecule has 17 heteroatoms. The molecule has 11 N–H and O–H groups in total. The molecule has 0 aliphatic carbocycles. The van der Waals surface area contributed by atoms with Gasteiger partial charge in [0, 0.05) is 6.92 Å². The van der Waals surface area contributed by atoms with Gasteiger partial charge in [-0.1, -0.05) is 0 Å². The summed E-state index contributed by atoms with van der Waals surface area (Å²) in [6.45, 7) is -1.20. The van der Waals surface area contributed by atoms with Crippen LogP contribution < -0.4 is 5.32 Å². The third kappa shape index (κ3) is 6.38. The Morgan fingerprint density at radius 3 is 1.73 bits per heavy atom. The first kappa shape index (κ1) is 30.4. The number of carbonyl (C=O) groups excluding carboxylic acids is 1. The fraction of sp³-hybridized carbons (Fsp3) is 0.950. The van der Waals surface area contributed by atoms with E-state index in [1.165, 1.54) is 0 Å². The molecule has 3 fully saturated rings. The fourth-order valence-corrected chi connectivity index (χ4v) is 4.45. The predicted molar refractivity (Wildman–Crippen MR) is 113 cm³/mol. The van der Waals surface area contributed by atoms with E-state index in [0.717, 1.165) is 6.92 Å². The average molecular weight is 545 g/mol. The highest BCUT2D eigenvalue weighted by Gasteiger charge is 2.53. The molecule has 37 heavy (non-hydrogen) atoms. The molecule has 0 aromatic carbocycles. The maximum Gasteiger partial charge on any atom is 0.217 e. The number of carbonyl (C=O) groups is 1. The standard InChI is InChI=1S/C20H35NO16/c1-5(25)21-9-12(28)16(36-20-15(31)13(29)10(26)7(3-23)34-20)8(4-24)35-19(9)37-17-14(30)11(27)6(2-22)33-18(17)32/h6-20,22-24,26-32H,2-4H2,1H3,(H,21,25)/t6-,7-,8-,9-,10+,11-,12-,13+,14+,15-,16-,17+,18?,19+,20+/m1/s1. The lowest BCUT2D eigenvalue weighted by Crippen LogP contribution is -2.69. The van der Waals surface area contributed by atoms with Crippen LogP contribution in [0.2, 0.25) is 0 Å². The number of amides is 1. The largest absolute Gasteiger partial charge is 0.394 e. The third-order valence-corrected chi connectivity index (χ3v) is 6.50. The first-order valence-electron chi connectivity index (χ1n) is 11.6. The summed E-state index contributed by atoms with van der Waals surface area (Å²) in [5, 5.41) is 103. The van der Waals surface area contributed by atoms with Crippen molar-refractivity contribution in [3.63, 3.8) is 0 Å². The molecule has 15 atom stereocenters. The van der Waals surface area contributed by atoms with Crippen molar-refractivity contribution in [2.75, 3.05) is 19.8 Å². The Hall–Kier alpha value is -1.13. The van der Waals surface area contributed by atoms with E-state index >= 15 is 0 Å². The molecule has 3 rings (SSSR count). The van der Waals surface area contributed by atoms with Gasteiger partial charge in [0.05, 0.1) is 19.8 Å². The topological polar surface area (TPSA) is 278 Å². The van der Waals surface area contributed by atoms with Crippen LogP contribution in [0.15, 0.2) is 0 Å². The Morgan fingerprint density at radius 2 is 1.16 bits per heavy atom. The number of hydrogen-bond donors (Lipinski definition) is 11. The number of aliphatic hydroxyl groups excluding tert-OH is 10. The zero-order valence-corrected chi connectivity index (χ0v) is 19.7. The van der Waals surface area contributed by atoms with Crippen LogP contribution in [0, 0.1) is 0 Å². The molecule has 1 unspecified atom stereocenters. The summed E-state index contributed by atoms with van der Waals surface area (Å²) in [5.41, 5.74) is 0. The van der Waals surface area contributed by atoms with Crippen molar-refractivity contribution >= 4 is 5.91 Å².